The predicted octanol–water partition coefficient (Wildman–Crippen LogP) is 2.69. The number of rotatable bonds is 7. The van der Waals surface area contributed by atoms with E-state index in [4.69, 9.17) is 4.74 Å². The van der Waals surface area contributed by atoms with Crippen LogP contribution in [0.15, 0.2) is 48.5 Å². The molecule has 2 aromatic rings. The van der Waals surface area contributed by atoms with Gasteiger partial charge in [0, 0.05) is 57.1 Å². The summed E-state index contributed by atoms with van der Waals surface area (Å²) in [5.74, 6) is 0.862. The normalized spacial score (nSPS) is 17.3. The number of carbonyl (C=O) groups excluding carboxylic acids is 2. The Balaban J connectivity index is 1.26. The molecule has 1 N–H and O–H groups in total. The van der Waals surface area contributed by atoms with Gasteiger partial charge in [-0.15, -0.1) is 0 Å². The molecule has 7 nitrogen and oxygen atoms in total. The summed E-state index contributed by atoms with van der Waals surface area (Å²) in [6.45, 7) is 6.92. The summed E-state index contributed by atoms with van der Waals surface area (Å²) in [5, 5.41) is 2.98. The maximum atomic E-state index is 12.5. The number of nitrogens with one attached hydrogen (secondary N) is 1. The van der Waals surface area contributed by atoms with Crippen LogP contribution in [0.2, 0.25) is 0 Å². The molecule has 2 aliphatic rings. The van der Waals surface area contributed by atoms with Crippen LogP contribution in [0.4, 0.5) is 5.69 Å². The zero-order chi connectivity index (χ0) is 22.3. The van der Waals surface area contributed by atoms with Gasteiger partial charge >= 0.3 is 0 Å². The SMILES string of the molecule is COc1ccc(C(=O)Nc2cccc(CN3CCN(CC(=O)N4CCCC4)CC3)c2)cc1. The van der Waals surface area contributed by atoms with Gasteiger partial charge in [0.15, 0.2) is 0 Å². The van der Waals surface area contributed by atoms with Crippen LogP contribution in [0.1, 0.15) is 28.8 Å². The Morgan fingerprint density at radius 1 is 0.906 bits per heavy atom. The minimum absolute atomic E-state index is 0.138. The van der Waals surface area contributed by atoms with Crippen molar-refractivity contribution in [2.24, 2.45) is 0 Å². The van der Waals surface area contributed by atoms with Crippen molar-refractivity contribution in [3.05, 3.63) is 59.7 Å². The first kappa shape index (κ1) is 22.3. The van der Waals surface area contributed by atoms with E-state index >= 15 is 0 Å². The molecule has 0 unspecified atom stereocenters. The number of methoxy groups -OCH3 is 1. The van der Waals surface area contributed by atoms with E-state index in [0.717, 1.165) is 70.1 Å². The van der Waals surface area contributed by atoms with Gasteiger partial charge in [-0.25, -0.2) is 0 Å². The molecule has 0 radical (unpaired) electrons. The Morgan fingerprint density at radius 3 is 2.28 bits per heavy atom. The van der Waals surface area contributed by atoms with E-state index in [-0.39, 0.29) is 11.8 Å². The van der Waals surface area contributed by atoms with E-state index in [1.54, 1.807) is 31.4 Å². The third-order valence-corrected chi connectivity index (χ3v) is 6.23. The minimum atomic E-state index is -0.138. The van der Waals surface area contributed by atoms with Gasteiger partial charge < -0.3 is 15.0 Å². The number of piperazine rings is 1. The Kier molecular flexibility index (Phi) is 7.39. The average molecular weight is 437 g/mol. The van der Waals surface area contributed by atoms with E-state index < -0.39 is 0 Å². The van der Waals surface area contributed by atoms with Gasteiger partial charge in [0.2, 0.25) is 5.91 Å². The standard InChI is InChI=1S/C25H32N4O3/c1-32-23-9-7-21(8-10-23)25(31)26-22-6-4-5-20(17-22)18-27-13-15-28(16-14-27)19-24(30)29-11-2-3-12-29/h4-10,17H,2-3,11-16,18-19H2,1H3,(H,26,31). The topological polar surface area (TPSA) is 65.1 Å². The number of hydrogen-bond acceptors (Lipinski definition) is 5. The zero-order valence-electron chi connectivity index (χ0n) is 18.8. The van der Waals surface area contributed by atoms with E-state index in [0.29, 0.717) is 12.1 Å². The maximum absolute atomic E-state index is 12.5. The number of ether oxygens (including phenoxy) is 1. The molecule has 0 bridgehead atoms. The van der Waals surface area contributed by atoms with E-state index in [1.807, 2.05) is 23.1 Å². The number of nitrogens with zero attached hydrogens (tertiary/aromatic N) is 3. The van der Waals surface area contributed by atoms with Crippen molar-refractivity contribution < 1.29 is 14.3 Å². The van der Waals surface area contributed by atoms with Crippen molar-refractivity contribution in [2.75, 3.05) is 58.2 Å². The number of hydrogen-bond donors (Lipinski definition) is 1. The fourth-order valence-electron chi connectivity index (χ4n) is 4.31. The van der Waals surface area contributed by atoms with Crippen LogP contribution in [0, 0.1) is 0 Å². The van der Waals surface area contributed by atoms with Crippen LogP contribution >= 0.6 is 0 Å². The first-order valence-corrected chi connectivity index (χ1v) is 11.4. The van der Waals surface area contributed by atoms with Crippen molar-refractivity contribution in [1.29, 1.82) is 0 Å². The molecule has 2 amide bonds. The summed E-state index contributed by atoms with van der Waals surface area (Å²) in [6, 6.07) is 15.1. The lowest BCUT2D eigenvalue weighted by molar-refractivity contribution is -0.131. The summed E-state index contributed by atoms with van der Waals surface area (Å²) in [7, 11) is 1.61. The monoisotopic (exact) mass is 436 g/mol. The van der Waals surface area contributed by atoms with Crippen molar-refractivity contribution in [3.63, 3.8) is 0 Å². The molecule has 2 saturated heterocycles. The first-order valence-electron chi connectivity index (χ1n) is 11.4. The molecule has 170 valence electrons. The Morgan fingerprint density at radius 2 is 1.59 bits per heavy atom. The van der Waals surface area contributed by atoms with Crippen LogP contribution in [0.3, 0.4) is 0 Å². The average Bonchev–Trinajstić information content (AvgIpc) is 3.36. The van der Waals surface area contributed by atoms with Crippen LogP contribution in [0.25, 0.3) is 0 Å². The summed E-state index contributed by atoms with van der Waals surface area (Å²) in [4.78, 5) is 31.6. The number of carbonyl (C=O) groups is 2. The molecule has 32 heavy (non-hydrogen) atoms. The smallest absolute Gasteiger partial charge is 0.255 e. The molecule has 2 heterocycles. The van der Waals surface area contributed by atoms with Gasteiger partial charge in [-0.3, -0.25) is 19.4 Å². The molecule has 2 aliphatic heterocycles. The lowest BCUT2D eigenvalue weighted by Crippen LogP contribution is -2.49. The van der Waals surface area contributed by atoms with Crippen molar-refractivity contribution in [1.82, 2.24) is 14.7 Å². The van der Waals surface area contributed by atoms with E-state index in [9.17, 15) is 9.59 Å². The highest BCUT2D eigenvalue weighted by Gasteiger charge is 2.23. The molecule has 7 heteroatoms. The van der Waals surface area contributed by atoms with Crippen molar-refractivity contribution in [3.8, 4) is 5.75 Å². The zero-order valence-corrected chi connectivity index (χ0v) is 18.8. The summed E-state index contributed by atoms with van der Waals surface area (Å²) in [5.41, 5.74) is 2.55. The quantitative estimate of drug-likeness (QED) is 0.723. The first-order chi connectivity index (χ1) is 15.6. The van der Waals surface area contributed by atoms with Gasteiger partial charge in [0.1, 0.15) is 5.75 Å². The van der Waals surface area contributed by atoms with E-state index in [1.165, 1.54) is 5.56 Å². The maximum Gasteiger partial charge on any atom is 0.255 e. The Labute approximate surface area is 189 Å². The second-order valence-corrected chi connectivity index (χ2v) is 8.52. The number of likely N-dealkylation sites (tertiary alicyclic amines) is 1. The number of anilines is 1. The van der Waals surface area contributed by atoms with Gasteiger partial charge in [-0.05, 0) is 54.8 Å². The van der Waals surface area contributed by atoms with Crippen molar-refractivity contribution in [2.45, 2.75) is 19.4 Å². The fourth-order valence-corrected chi connectivity index (χ4v) is 4.31. The molecule has 0 atom stereocenters. The fraction of sp³-hybridized carbons (Fsp3) is 0.440. The van der Waals surface area contributed by atoms with Gasteiger partial charge in [-0.2, -0.15) is 0 Å². The van der Waals surface area contributed by atoms with E-state index in [2.05, 4.69) is 21.2 Å². The third kappa shape index (κ3) is 5.87. The largest absolute Gasteiger partial charge is 0.497 e. The third-order valence-electron chi connectivity index (χ3n) is 6.23. The highest BCUT2D eigenvalue weighted by molar-refractivity contribution is 6.04. The molecule has 2 aromatic carbocycles. The molecule has 4 rings (SSSR count). The van der Waals surface area contributed by atoms with Crippen LogP contribution in [0.5, 0.6) is 5.75 Å². The minimum Gasteiger partial charge on any atom is -0.497 e. The van der Waals surface area contributed by atoms with Crippen LogP contribution < -0.4 is 10.1 Å². The summed E-state index contributed by atoms with van der Waals surface area (Å²) >= 11 is 0. The van der Waals surface area contributed by atoms with Gasteiger partial charge in [-0.1, -0.05) is 12.1 Å². The lowest BCUT2D eigenvalue weighted by Gasteiger charge is -2.35. The van der Waals surface area contributed by atoms with Crippen LogP contribution in [-0.2, 0) is 11.3 Å². The molecular formula is C25H32N4O3. The predicted molar refractivity (Wildman–Crippen MR) is 125 cm³/mol. The van der Waals surface area contributed by atoms with Gasteiger partial charge in [0.05, 0.1) is 13.7 Å². The number of amides is 2. The lowest BCUT2D eigenvalue weighted by atomic mass is 10.1. The highest BCUT2D eigenvalue weighted by atomic mass is 16.5. The molecule has 0 aliphatic carbocycles. The van der Waals surface area contributed by atoms with Gasteiger partial charge in [0.25, 0.3) is 5.91 Å². The van der Waals surface area contributed by atoms with Crippen molar-refractivity contribution >= 4 is 17.5 Å². The second kappa shape index (κ2) is 10.6. The molecule has 0 saturated carbocycles. The molecule has 2 fully saturated rings. The number of benzene rings is 2. The molecule has 0 spiro atoms. The summed E-state index contributed by atoms with van der Waals surface area (Å²) in [6.07, 6.45) is 2.28. The summed E-state index contributed by atoms with van der Waals surface area (Å²) < 4.78 is 5.15. The Hall–Kier alpha value is -2.90. The Bertz CT molecular complexity index is 917. The van der Waals surface area contributed by atoms with Crippen LogP contribution in [-0.4, -0.2) is 79.4 Å². The molecule has 0 aromatic heterocycles. The highest BCUT2D eigenvalue weighted by Crippen LogP contribution is 2.17. The second-order valence-electron chi connectivity index (χ2n) is 8.52. The molecular weight excluding hydrogens is 404 g/mol.